The molecular weight excluding hydrogens is 534 g/mol. The summed E-state index contributed by atoms with van der Waals surface area (Å²) in [6, 6.07) is 7.62. The van der Waals surface area contributed by atoms with Crippen molar-refractivity contribution < 1.29 is 9.84 Å². The fraction of sp³-hybridized carbons (Fsp3) is 0.188. The van der Waals surface area contributed by atoms with Gasteiger partial charge in [0.25, 0.3) is 0 Å². The topological polar surface area (TPSA) is 90.5 Å². The lowest BCUT2D eigenvalue weighted by Crippen LogP contribution is -2.03. The van der Waals surface area contributed by atoms with Crippen molar-refractivity contribution in [2.24, 2.45) is 5.10 Å². The lowest BCUT2D eigenvalue weighted by molar-refractivity contribution is 0.184. The second-order valence-electron chi connectivity index (χ2n) is 4.89. The largest absolute Gasteiger partial charge is 0.506 e. The van der Waals surface area contributed by atoms with Crippen LogP contribution < -0.4 is 5.43 Å². The van der Waals surface area contributed by atoms with Gasteiger partial charge < -0.3 is 9.84 Å². The third-order valence-electron chi connectivity index (χ3n) is 3.07. The molecule has 6 nitrogen and oxygen atoms in total. The summed E-state index contributed by atoms with van der Waals surface area (Å²) in [6.45, 7) is 2.16. The molecule has 0 saturated carbocycles. The maximum atomic E-state index is 10.1. The van der Waals surface area contributed by atoms with E-state index in [1.54, 1.807) is 7.11 Å². The van der Waals surface area contributed by atoms with Crippen molar-refractivity contribution in [3.8, 4) is 11.8 Å². The number of halogens is 2. The van der Waals surface area contributed by atoms with Crippen molar-refractivity contribution in [3.05, 3.63) is 47.7 Å². The molecule has 24 heavy (non-hydrogen) atoms. The minimum absolute atomic E-state index is 0.166. The third kappa shape index (κ3) is 4.55. The normalized spacial score (nSPS) is 10.8. The molecule has 0 saturated heterocycles. The summed E-state index contributed by atoms with van der Waals surface area (Å²) < 4.78 is 6.85. The number of nitrogens with one attached hydrogen (secondary N) is 1. The van der Waals surface area contributed by atoms with Gasteiger partial charge in [0.15, 0.2) is 5.82 Å². The first-order chi connectivity index (χ1) is 11.5. The quantitative estimate of drug-likeness (QED) is 0.338. The summed E-state index contributed by atoms with van der Waals surface area (Å²) in [4.78, 5) is 4.31. The van der Waals surface area contributed by atoms with Crippen LogP contribution in [0.25, 0.3) is 0 Å². The van der Waals surface area contributed by atoms with Gasteiger partial charge in [-0.25, -0.2) is 4.98 Å². The first kappa shape index (κ1) is 18.9. The van der Waals surface area contributed by atoms with Gasteiger partial charge in [0, 0.05) is 27.5 Å². The zero-order valence-corrected chi connectivity index (χ0v) is 17.3. The SMILES string of the molecule is COCc1cc(C)nc(NN=Cc2cc(I)cc(I)c2O)c1C#N. The highest BCUT2D eigenvalue weighted by Crippen LogP contribution is 2.26. The minimum Gasteiger partial charge on any atom is -0.506 e. The van der Waals surface area contributed by atoms with Gasteiger partial charge in [-0.1, -0.05) is 0 Å². The molecular formula is C16H14I2N4O2. The summed E-state index contributed by atoms with van der Waals surface area (Å²) in [5.74, 6) is 0.528. The average molecular weight is 548 g/mol. The van der Waals surface area contributed by atoms with Gasteiger partial charge >= 0.3 is 0 Å². The van der Waals surface area contributed by atoms with E-state index in [0.29, 0.717) is 23.6 Å². The van der Waals surface area contributed by atoms with Crippen LogP contribution >= 0.6 is 45.2 Å². The molecule has 0 aliphatic rings. The maximum Gasteiger partial charge on any atom is 0.164 e. The van der Waals surface area contributed by atoms with Crippen molar-refractivity contribution in [2.75, 3.05) is 12.5 Å². The van der Waals surface area contributed by atoms with Gasteiger partial charge in [-0.2, -0.15) is 10.4 Å². The number of rotatable bonds is 5. The maximum absolute atomic E-state index is 10.1. The van der Waals surface area contributed by atoms with Crippen LogP contribution in [0, 0.1) is 25.4 Å². The Morgan fingerprint density at radius 3 is 2.83 bits per heavy atom. The Labute approximate surface area is 167 Å². The van der Waals surface area contributed by atoms with E-state index >= 15 is 0 Å². The van der Waals surface area contributed by atoms with Crippen LogP contribution in [0.4, 0.5) is 5.82 Å². The molecule has 0 aliphatic carbocycles. The predicted molar refractivity (Wildman–Crippen MR) is 109 cm³/mol. The molecule has 1 aromatic carbocycles. The van der Waals surface area contributed by atoms with E-state index in [-0.39, 0.29) is 5.75 Å². The van der Waals surface area contributed by atoms with Crippen LogP contribution in [0.15, 0.2) is 23.3 Å². The third-order valence-corrected chi connectivity index (χ3v) is 4.52. The van der Waals surface area contributed by atoms with Crippen molar-refractivity contribution >= 4 is 57.2 Å². The van der Waals surface area contributed by atoms with Crippen LogP contribution in [-0.4, -0.2) is 23.4 Å². The van der Waals surface area contributed by atoms with E-state index in [2.05, 4.69) is 66.8 Å². The monoisotopic (exact) mass is 548 g/mol. The number of hydrogen-bond donors (Lipinski definition) is 2. The van der Waals surface area contributed by atoms with Gasteiger partial charge in [-0.15, -0.1) is 0 Å². The second kappa shape index (κ2) is 8.59. The Hall–Kier alpha value is -1.45. The molecule has 0 aliphatic heterocycles. The van der Waals surface area contributed by atoms with E-state index in [4.69, 9.17) is 4.74 Å². The minimum atomic E-state index is 0.166. The Kier molecular flexibility index (Phi) is 6.76. The fourth-order valence-electron chi connectivity index (χ4n) is 2.06. The molecule has 124 valence electrons. The molecule has 0 bridgehead atoms. The first-order valence-electron chi connectivity index (χ1n) is 6.83. The highest BCUT2D eigenvalue weighted by molar-refractivity contribution is 14.1. The number of nitrogens with zero attached hydrogens (tertiary/aromatic N) is 3. The van der Waals surface area contributed by atoms with E-state index < -0.39 is 0 Å². The highest BCUT2D eigenvalue weighted by atomic mass is 127. The number of pyridine rings is 1. The van der Waals surface area contributed by atoms with Gasteiger partial charge in [0.1, 0.15) is 17.4 Å². The molecule has 2 aromatic rings. The predicted octanol–water partition coefficient (Wildman–Crippen LogP) is 3.77. The van der Waals surface area contributed by atoms with Crippen molar-refractivity contribution in [1.29, 1.82) is 5.26 Å². The smallest absolute Gasteiger partial charge is 0.164 e. The molecule has 0 fully saturated rings. The average Bonchev–Trinajstić information content (AvgIpc) is 2.52. The number of aromatic hydroxyl groups is 1. The lowest BCUT2D eigenvalue weighted by atomic mass is 10.1. The van der Waals surface area contributed by atoms with E-state index in [1.807, 2.05) is 25.1 Å². The fourth-order valence-corrected chi connectivity index (χ4v) is 3.95. The molecule has 0 spiro atoms. The zero-order chi connectivity index (χ0) is 17.7. The number of aromatic nitrogens is 1. The van der Waals surface area contributed by atoms with E-state index in [1.165, 1.54) is 6.21 Å². The van der Waals surface area contributed by atoms with Crippen LogP contribution in [0.3, 0.4) is 0 Å². The van der Waals surface area contributed by atoms with Crippen molar-refractivity contribution in [2.45, 2.75) is 13.5 Å². The molecule has 0 unspecified atom stereocenters. The number of methoxy groups -OCH3 is 1. The second-order valence-corrected chi connectivity index (χ2v) is 7.29. The Morgan fingerprint density at radius 1 is 1.42 bits per heavy atom. The molecule has 1 heterocycles. The van der Waals surface area contributed by atoms with E-state index in [9.17, 15) is 10.4 Å². The number of hydrazone groups is 1. The summed E-state index contributed by atoms with van der Waals surface area (Å²) in [6.07, 6.45) is 1.50. The number of hydrogen-bond acceptors (Lipinski definition) is 6. The molecule has 1 aromatic heterocycles. The van der Waals surface area contributed by atoms with Crippen LogP contribution in [0.2, 0.25) is 0 Å². The molecule has 2 rings (SSSR count). The molecule has 2 N–H and O–H groups in total. The Bertz CT molecular complexity index is 832. The number of benzene rings is 1. The zero-order valence-electron chi connectivity index (χ0n) is 13.0. The van der Waals surface area contributed by atoms with Crippen LogP contribution in [0.1, 0.15) is 22.4 Å². The number of anilines is 1. The number of nitriles is 1. The van der Waals surface area contributed by atoms with Gasteiger partial charge in [-0.05, 0) is 70.3 Å². The number of phenols is 1. The highest BCUT2D eigenvalue weighted by Gasteiger charge is 2.11. The number of aryl methyl sites for hydroxylation is 1. The van der Waals surface area contributed by atoms with Crippen LogP contribution in [-0.2, 0) is 11.3 Å². The molecule has 0 atom stereocenters. The summed E-state index contributed by atoms with van der Waals surface area (Å²) in [5.41, 5.74) is 5.26. The number of ether oxygens (including phenoxy) is 1. The molecule has 8 heteroatoms. The Morgan fingerprint density at radius 2 is 2.17 bits per heavy atom. The number of phenolic OH excluding ortho intramolecular Hbond substituents is 1. The summed E-state index contributed by atoms with van der Waals surface area (Å²) in [7, 11) is 1.57. The Balaban J connectivity index is 2.31. The lowest BCUT2D eigenvalue weighted by Gasteiger charge is -2.09. The van der Waals surface area contributed by atoms with Gasteiger partial charge in [0.05, 0.1) is 16.4 Å². The summed E-state index contributed by atoms with van der Waals surface area (Å²) in [5, 5.41) is 23.5. The van der Waals surface area contributed by atoms with Crippen molar-refractivity contribution in [3.63, 3.8) is 0 Å². The first-order valence-corrected chi connectivity index (χ1v) is 8.98. The van der Waals surface area contributed by atoms with Crippen LogP contribution in [0.5, 0.6) is 5.75 Å². The van der Waals surface area contributed by atoms with Gasteiger partial charge in [-0.3, -0.25) is 5.43 Å². The van der Waals surface area contributed by atoms with Gasteiger partial charge in [0.2, 0.25) is 0 Å². The van der Waals surface area contributed by atoms with Crippen molar-refractivity contribution in [1.82, 2.24) is 4.98 Å². The standard InChI is InChI=1S/C16H14I2N4O2/c1-9-3-11(8-24-2)13(6-19)16(21-9)22-20-7-10-4-12(17)5-14(18)15(10)23/h3-5,7,23H,8H2,1-2H3,(H,21,22). The molecule has 0 amide bonds. The molecule has 0 radical (unpaired) electrons. The summed E-state index contributed by atoms with van der Waals surface area (Å²) >= 11 is 4.23. The van der Waals surface area contributed by atoms with E-state index in [0.717, 1.165) is 18.4 Å².